The highest BCUT2D eigenvalue weighted by molar-refractivity contribution is 7.99. The number of hydrazine groups is 1. The van der Waals surface area contributed by atoms with Gasteiger partial charge in [0.15, 0.2) is 5.16 Å². The number of aromatic amines is 1. The first kappa shape index (κ1) is 16.7. The topological polar surface area (TPSA) is 104 Å². The highest BCUT2D eigenvalue weighted by atomic mass is 32.2. The second kappa shape index (κ2) is 7.63. The van der Waals surface area contributed by atoms with Gasteiger partial charge in [0.05, 0.1) is 16.7 Å². The minimum atomic E-state index is -0.412. The van der Waals surface area contributed by atoms with E-state index < -0.39 is 11.8 Å². The molecular formula is C17H14N4O3S. The number of benzene rings is 2. The van der Waals surface area contributed by atoms with E-state index in [9.17, 15) is 14.4 Å². The average molecular weight is 354 g/mol. The van der Waals surface area contributed by atoms with Gasteiger partial charge in [-0.15, -0.1) is 0 Å². The van der Waals surface area contributed by atoms with E-state index in [1.54, 1.807) is 54.6 Å². The maximum absolute atomic E-state index is 11.9. The summed E-state index contributed by atoms with van der Waals surface area (Å²) < 4.78 is 0. The third kappa shape index (κ3) is 4.24. The molecule has 7 nitrogen and oxygen atoms in total. The van der Waals surface area contributed by atoms with Crippen LogP contribution in [0.4, 0.5) is 0 Å². The summed E-state index contributed by atoms with van der Waals surface area (Å²) in [6.45, 7) is 0. The molecule has 1 heterocycles. The molecule has 0 saturated heterocycles. The Kier molecular flexibility index (Phi) is 5.10. The number of nitrogens with zero attached hydrogens (tertiary/aromatic N) is 1. The summed E-state index contributed by atoms with van der Waals surface area (Å²) in [4.78, 5) is 42.5. The lowest BCUT2D eigenvalue weighted by molar-refractivity contribution is -0.119. The molecule has 0 fully saturated rings. The van der Waals surface area contributed by atoms with Crippen molar-refractivity contribution in [3.8, 4) is 0 Å². The highest BCUT2D eigenvalue weighted by Gasteiger charge is 2.09. The van der Waals surface area contributed by atoms with Crippen LogP contribution < -0.4 is 16.4 Å². The van der Waals surface area contributed by atoms with E-state index >= 15 is 0 Å². The van der Waals surface area contributed by atoms with Crippen LogP contribution in [0.5, 0.6) is 0 Å². The SMILES string of the molecule is O=C(CSc1nc2ccccc2c(=O)[nH]1)NNC(=O)c1ccccc1. The van der Waals surface area contributed by atoms with Crippen LogP contribution in [0.1, 0.15) is 10.4 Å². The molecule has 25 heavy (non-hydrogen) atoms. The normalized spacial score (nSPS) is 10.4. The van der Waals surface area contributed by atoms with Gasteiger partial charge >= 0.3 is 0 Å². The van der Waals surface area contributed by atoms with Gasteiger partial charge in [0, 0.05) is 5.56 Å². The van der Waals surface area contributed by atoms with Crippen molar-refractivity contribution in [3.05, 3.63) is 70.5 Å². The Morgan fingerprint density at radius 1 is 1.00 bits per heavy atom. The molecule has 126 valence electrons. The third-order valence-corrected chi connectivity index (χ3v) is 4.16. The smallest absolute Gasteiger partial charge is 0.269 e. The molecule has 0 radical (unpaired) electrons. The number of nitrogens with one attached hydrogen (secondary N) is 3. The van der Waals surface area contributed by atoms with Crippen molar-refractivity contribution in [2.24, 2.45) is 0 Å². The van der Waals surface area contributed by atoms with Crippen LogP contribution >= 0.6 is 11.8 Å². The van der Waals surface area contributed by atoms with E-state index in [-0.39, 0.29) is 11.3 Å². The largest absolute Gasteiger partial charge is 0.301 e. The number of H-pyrrole nitrogens is 1. The van der Waals surface area contributed by atoms with E-state index in [1.165, 1.54) is 0 Å². The maximum atomic E-state index is 11.9. The number of rotatable bonds is 4. The monoisotopic (exact) mass is 354 g/mol. The van der Waals surface area contributed by atoms with Crippen LogP contribution in [0.25, 0.3) is 10.9 Å². The Bertz CT molecular complexity index is 972. The molecule has 2 amide bonds. The number of amides is 2. The van der Waals surface area contributed by atoms with E-state index in [2.05, 4.69) is 20.8 Å². The van der Waals surface area contributed by atoms with Gasteiger partial charge < -0.3 is 4.98 Å². The number of fused-ring (bicyclic) bond motifs is 1. The van der Waals surface area contributed by atoms with E-state index in [0.717, 1.165) is 11.8 Å². The fraction of sp³-hybridized carbons (Fsp3) is 0.0588. The summed E-state index contributed by atoms with van der Waals surface area (Å²) in [6.07, 6.45) is 0. The standard InChI is InChI=1S/C17H14N4O3S/c22-14(20-21-15(23)11-6-2-1-3-7-11)10-25-17-18-13-9-5-4-8-12(13)16(24)19-17/h1-9H,10H2,(H,20,22)(H,21,23)(H,18,19,24). The average Bonchev–Trinajstić information content (AvgIpc) is 2.65. The van der Waals surface area contributed by atoms with E-state index in [4.69, 9.17) is 0 Å². The third-order valence-electron chi connectivity index (χ3n) is 3.28. The van der Waals surface area contributed by atoms with E-state index in [0.29, 0.717) is 21.6 Å². The first-order valence-corrected chi connectivity index (χ1v) is 8.38. The van der Waals surface area contributed by atoms with Crippen molar-refractivity contribution >= 4 is 34.5 Å². The number of para-hydroxylation sites is 1. The number of hydrogen-bond donors (Lipinski definition) is 3. The Morgan fingerprint density at radius 3 is 2.52 bits per heavy atom. The molecule has 3 aromatic rings. The van der Waals surface area contributed by atoms with Gasteiger partial charge in [-0.2, -0.15) is 0 Å². The minimum absolute atomic E-state index is 0.00362. The molecule has 0 aliphatic carbocycles. The lowest BCUT2D eigenvalue weighted by atomic mass is 10.2. The van der Waals surface area contributed by atoms with E-state index in [1.807, 2.05) is 0 Å². The Hall–Kier alpha value is -3.13. The van der Waals surface area contributed by atoms with Crippen molar-refractivity contribution in [3.63, 3.8) is 0 Å². The maximum Gasteiger partial charge on any atom is 0.269 e. The van der Waals surface area contributed by atoms with Crippen molar-refractivity contribution in [1.82, 2.24) is 20.8 Å². The van der Waals surface area contributed by atoms with Gasteiger partial charge in [-0.1, -0.05) is 42.1 Å². The van der Waals surface area contributed by atoms with Crippen molar-refractivity contribution in [2.45, 2.75) is 5.16 Å². The quantitative estimate of drug-likeness (QED) is 0.374. The van der Waals surface area contributed by atoms with Crippen molar-refractivity contribution in [1.29, 1.82) is 0 Å². The summed E-state index contributed by atoms with van der Waals surface area (Å²) in [7, 11) is 0. The van der Waals surface area contributed by atoms with Gasteiger partial charge in [-0.25, -0.2) is 4.98 Å². The lowest BCUT2D eigenvalue weighted by Gasteiger charge is -2.07. The van der Waals surface area contributed by atoms with Gasteiger partial charge in [0.25, 0.3) is 11.5 Å². The molecule has 0 aliphatic rings. The first-order chi connectivity index (χ1) is 12.1. The summed E-state index contributed by atoms with van der Waals surface area (Å²) >= 11 is 1.08. The van der Waals surface area contributed by atoms with Crippen LogP contribution in [0.2, 0.25) is 0 Å². The zero-order valence-corrected chi connectivity index (χ0v) is 13.8. The zero-order valence-electron chi connectivity index (χ0n) is 13.0. The number of aromatic nitrogens is 2. The number of carbonyl (C=O) groups is 2. The van der Waals surface area contributed by atoms with Gasteiger partial charge in [0.2, 0.25) is 5.91 Å². The molecule has 2 aromatic carbocycles. The van der Waals surface area contributed by atoms with Crippen LogP contribution in [-0.2, 0) is 4.79 Å². The van der Waals surface area contributed by atoms with Gasteiger partial charge in [-0.3, -0.25) is 25.2 Å². The van der Waals surface area contributed by atoms with Crippen LogP contribution in [-0.4, -0.2) is 27.5 Å². The first-order valence-electron chi connectivity index (χ1n) is 7.39. The van der Waals surface area contributed by atoms with Gasteiger partial charge in [0.1, 0.15) is 0 Å². The fourth-order valence-electron chi connectivity index (χ4n) is 2.09. The molecule has 0 spiro atoms. The molecule has 0 unspecified atom stereocenters. The predicted octanol–water partition coefficient (Wildman–Crippen LogP) is 1.48. The second-order valence-corrected chi connectivity index (χ2v) is 6.01. The predicted molar refractivity (Wildman–Crippen MR) is 95.1 cm³/mol. The lowest BCUT2D eigenvalue weighted by Crippen LogP contribution is -2.42. The molecule has 0 bridgehead atoms. The molecule has 1 aromatic heterocycles. The fourth-order valence-corrected chi connectivity index (χ4v) is 2.76. The Balaban J connectivity index is 1.56. The summed E-state index contributed by atoms with van der Waals surface area (Å²) in [6, 6.07) is 15.5. The molecule has 0 aliphatic heterocycles. The summed E-state index contributed by atoms with van der Waals surface area (Å²) in [5.41, 5.74) is 5.40. The number of thioether (sulfide) groups is 1. The highest BCUT2D eigenvalue weighted by Crippen LogP contribution is 2.14. The van der Waals surface area contributed by atoms with Gasteiger partial charge in [-0.05, 0) is 24.3 Å². The molecule has 0 saturated carbocycles. The molecular weight excluding hydrogens is 340 g/mol. The van der Waals surface area contributed by atoms with Crippen LogP contribution in [0.15, 0.2) is 64.5 Å². The minimum Gasteiger partial charge on any atom is -0.301 e. The van der Waals surface area contributed by atoms with Crippen molar-refractivity contribution in [2.75, 3.05) is 5.75 Å². The van der Waals surface area contributed by atoms with Crippen molar-refractivity contribution < 1.29 is 9.59 Å². The van der Waals surface area contributed by atoms with Crippen LogP contribution in [0, 0.1) is 0 Å². The molecule has 8 heteroatoms. The Labute approximate surface area is 146 Å². The molecule has 3 N–H and O–H groups in total. The number of carbonyl (C=O) groups excluding carboxylic acids is 2. The molecule has 3 rings (SSSR count). The summed E-state index contributed by atoms with van der Waals surface area (Å²) in [5, 5.41) is 0.833. The Morgan fingerprint density at radius 2 is 1.72 bits per heavy atom. The number of hydrogen-bond acceptors (Lipinski definition) is 5. The zero-order chi connectivity index (χ0) is 17.6. The molecule has 0 atom stereocenters. The second-order valence-electron chi connectivity index (χ2n) is 5.05. The summed E-state index contributed by atoms with van der Waals surface area (Å²) in [5.74, 6) is -0.822. The van der Waals surface area contributed by atoms with Crippen LogP contribution in [0.3, 0.4) is 0 Å².